The highest BCUT2D eigenvalue weighted by molar-refractivity contribution is 5.99. The summed E-state index contributed by atoms with van der Waals surface area (Å²) >= 11 is 0. The molecule has 0 bridgehead atoms. The monoisotopic (exact) mass is 245 g/mol. The van der Waals surface area contributed by atoms with Gasteiger partial charge in [-0.15, -0.1) is 0 Å². The van der Waals surface area contributed by atoms with Crippen molar-refractivity contribution in [2.75, 3.05) is 5.73 Å². The molecule has 0 atom stereocenters. The van der Waals surface area contributed by atoms with Crippen LogP contribution >= 0.6 is 0 Å². The van der Waals surface area contributed by atoms with E-state index in [-0.39, 0.29) is 16.8 Å². The molecule has 0 radical (unpaired) electrons. The SMILES string of the molecule is NC(=O)c1cnn(-c2cccc(C(N)=O)c2N)c1. The largest absolute Gasteiger partial charge is 0.396 e. The van der Waals surface area contributed by atoms with Crippen molar-refractivity contribution in [3.05, 3.63) is 41.7 Å². The van der Waals surface area contributed by atoms with Crippen LogP contribution in [0.15, 0.2) is 30.6 Å². The lowest BCUT2D eigenvalue weighted by molar-refractivity contribution is 0.0992. The maximum absolute atomic E-state index is 11.2. The van der Waals surface area contributed by atoms with Gasteiger partial charge >= 0.3 is 0 Å². The molecule has 92 valence electrons. The number of anilines is 1. The standard InChI is InChI=1S/C11H11N5O2/c12-9-7(11(14)18)2-1-3-8(9)16-5-6(4-15-16)10(13)17/h1-5H,12H2,(H2,13,17)(H2,14,18). The molecule has 6 N–H and O–H groups in total. The molecule has 1 aromatic carbocycles. The number of amides is 2. The van der Waals surface area contributed by atoms with Crippen LogP contribution in [0.5, 0.6) is 0 Å². The molecule has 2 rings (SSSR count). The van der Waals surface area contributed by atoms with Crippen molar-refractivity contribution >= 4 is 17.5 Å². The van der Waals surface area contributed by atoms with E-state index in [1.165, 1.54) is 23.1 Å². The number of carbonyl (C=O) groups excluding carboxylic acids is 2. The second-order valence-corrected chi connectivity index (χ2v) is 3.64. The van der Waals surface area contributed by atoms with Crippen LogP contribution in [0.4, 0.5) is 5.69 Å². The van der Waals surface area contributed by atoms with Crippen molar-refractivity contribution < 1.29 is 9.59 Å². The van der Waals surface area contributed by atoms with Gasteiger partial charge in [0.15, 0.2) is 0 Å². The van der Waals surface area contributed by atoms with Crippen LogP contribution in [0, 0.1) is 0 Å². The fraction of sp³-hybridized carbons (Fsp3) is 0. The highest BCUT2D eigenvalue weighted by Crippen LogP contribution is 2.21. The van der Waals surface area contributed by atoms with Crippen LogP contribution < -0.4 is 17.2 Å². The number of rotatable bonds is 3. The first kappa shape index (κ1) is 11.6. The molecular weight excluding hydrogens is 234 g/mol. The minimum Gasteiger partial charge on any atom is -0.396 e. The second-order valence-electron chi connectivity index (χ2n) is 3.64. The summed E-state index contributed by atoms with van der Waals surface area (Å²) in [5.41, 5.74) is 17.2. The summed E-state index contributed by atoms with van der Waals surface area (Å²) < 4.78 is 1.36. The molecule has 7 nitrogen and oxygen atoms in total. The zero-order valence-corrected chi connectivity index (χ0v) is 9.33. The number of aromatic nitrogens is 2. The van der Waals surface area contributed by atoms with E-state index in [9.17, 15) is 9.59 Å². The van der Waals surface area contributed by atoms with Gasteiger partial charge in [-0.25, -0.2) is 4.68 Å². The molecule has 18 heavy (non-hydrogen) atoms. The van der Waals surface area contributed by atoms with Crippen LogP contribution in [0.25, 0.3) is 5.69 Å². The molecule has 0 aliphatic heterocycles. The van der Waals surface area contributed by atoms with Crippen molar-refractivity contribution in [1.82, 2.24) is 9.78 Å². The van der Waals surface area contributed by atoms with E-state index in [1.54, 1.807) is 12.1 Å². The van der Waals surface area contributed by atoms with E-state index < -0.39 is 11.8 Å². The lowest BCUT2D eigenvalue weighted by Crippen LogP contribution is -2.15. The molecular formula is C11H11N5O2. The Labute approximate surface area is 102 Å². The number of carbonyl (C=O) groups is 2. The third-order valence-electron chi connectivity index (χ3n) is 2.46. The Morgan fingerprint density at radius 3 is 2.44 bits per heavy atom. The molecule has 0 aliphatic carbocycles. The molecule has 2 aromatic rings. The minimum atomic E-state index is -0.628. The highest BCUT2D eigenvalue weighted by Gasteiger charge is 2.12. The fourth-order valence-corrected chi connectivity index (χ4v) is 1.55. The first-order chi connectivity index (χ1) is 8.50. The molecule has 0 fully saturated rings. The van der Waals surface area contributed by atoms with E-state index in [0.717, 1.165) is 0 Å². The molecule has 0 saturated carbocycles. The van der Waals surface area contributed by atoms with Gasteiger partial charge in [0.2, 0.25) is 0 Å². The maximum Gasteiger partial charge on any atom is 0.251 e. The normalized spacial score (nSPS) is 10.2. The van der Waals surface area contributed by atoms with Gasteiger partial charge in [0.25, 0.3) is 11.8 Å². The third kappa shape index (κ3) is 1.88. The highest BCUT2D eigenvalue weighted by atomic mass is 16.1. The van der Waals surface area contributed by atoms with E-state index in [1.807, 2.05) is 0 Å². The molecule has 0 unspecified atom stereocenters. The third-order valence-corrected chi connectivity index (χ3v) is 2.46. The molecule has 0 saturated heterocycles. The minimum absolute atomic E-state index is 0.198. The Morgan fingerprint density at radius 2 is 1.89 bits per heavy atom. The molecule has 0 aliphatic rings. The zero-order valence-electron chi connectivity index (χ0n) is 9.33. The van der Waals surface area contributed by atoms with Gasteiger partial charge in [-0.2, -0.15) is 5.10 Å². The number of nitrogen functional groups attached to an aromatic ring is 1. The number of hydrogen-bond acceptors (Lipinski definition) is 4. The van der Waals surface area contributed by atoms with Crippen molar-refractivity contribution in [1.29, 1.82) is 0 Å². The Bertz CT molecular complexity index is 632. The Balaban J connectivity index is 2.53. The summed E-state index contributed by atoms with van der Waals surface area (Å²) in [6, 6.07) is 4.79. The number of para-hydroxylation sites is 1. The van der Waals surface area contributed by atoms with Gasteiger partial charge in [-0.05, 0) is 12.1 Å². The van der Waals surface area contributed by atoms with Gasteiger partial charge in [-0.3, -0.25) is 9.59 Å². The van der Waals surface area contributed by atoms with Crippen molar-refractivity contribution in [3.63, 3.8) is 0 Å². The van der Waals surface area contributed by atoms with E-state index in [4.69, 9.17) is 17.2 Å². The average Bonchev–Trinajstić information content (AvgIpc) is 2.78. The summed E-state index contributed by atoms with van der Waals surface area (Å²) in [6.07, 6.45) is 2.75. The first-order valence-corrected chi connectivity index (χ1v) is 5.04. The van der Waals surface area contributed by atoms with Crippen LogP contribution in [0.3, 0.4) is 0 Å². The van der Waals surface area contributed by atoms with Gasteiger partial charge in [0, 0.05) is 6.20 Å². The number of nitrogens with zero attached hydrogens (tertiary/aromatic N) is 2. The van der Waals surface area contributed by atoms with Crippen LogP contribution in [0.2, 0.25) is 0 Å². The van der Waals surface area contributed by atoms with Crippen LogP contribution in [-0.4, -0.2) is 21.6 Å². The lowest BCUT2D eigenvalue weighted by atomic mass is 10.1. The van der Waals surface area contributed by atoms with Crippen LogP contribution in [-0.2, 0) is 0 Å². The lowest BCUT2D eigenvalue weighted by Gasteiger charge is -2.08. The number of benzene rings is 1. The Kier molecular flexibility index (Phi) is 2.72. The summed E-state index contributed by atoms with van der Waals surface area (Å²) in [5.74, 6) is -1.22. The van der Waals surface area contributed by atoms with Gasteiger partial charge < -0.3 is 17.2 Å². The summed E-state index contributed by atoms with van der Waals surface area (Å²) in [6.45, 7) is 0. The Hall–Kier alpha value is -2.83. The van der Waals surface area contributed by atoms with Crippen molar-refractivity contribution in [2.24, 2.45) is 11.5 Å². The first-order valence-electron chi connectivity index (χ1n) is 5.04. The maximum atomic E-state index is 11.2. The zero-order chi connectivity index (χ0) is 13.3. The van der Waals surface area contributed by atoms with Crippen molar-refractivity contribution in [2.45, 2.75) is 0 Å². The summed E-state index contributed by atoms with van der Waals surface area (Å²) in [4.78, 5) is 22.1. The Morgan fingerprint density at radius 1 is 1.17 bits per heavy atom. The second kappa shape index (κ2) is 4.21. The van der Waals surface area contributed by atoms with E-state index in [2.05, 4.69) is 5.10 Å². The summed E-state index contributed by atoms with van der Waals surface area (Å²) in [5, 5.41) is 3.95. The molecule has 1 aromatic heterocycles. The molecule has 7 heteroatoms. The van der Waals surface area contributed by atoms with Crippen LogP contribution in [0.1, 0.15) is 20.7 Å². The fourth-order valence-electron chi connectivity index (χ4n) is 1.55. The van der Waals surface area contributed by atoms with Gasteiger partial charge in [0.1, 0.15) is 0 Å². The van der Waals surface area contributed by atoms with Gasteiger partial charge in [0.05, 0.1) is 28.7 Å². The summed E-state index contributed by atoms with van der Waals surface area (Å²) in [7, 11) is 0. The number of primary amides is 2. The van der Waals surface area contributed by atoms with Gasteiger partial charge in [-0.1, -0.05) is 6.07 Å². The predicted molar refractivity (Wildman–Crippen MR) is 65.0 cm³/mol. The smallest absolute Gasteiger partial charge is 0.251 e. The quantitative estimate of drug-likeness (QED) is 0.638. The predicted octanol–water partition coefficient (Wildman–Crippen LogP) is -0.348. The molecule has 2 amide bonds. The average molecular weight is 245 g/mol. The topological polar surface area (TPSA) is 130 Å². The number of hydrogen-bond donors (Lipinski definition) is 3. The van der Waals surface area contributed by atoms with E-state index in [0.29, 0.717) is 5.69 Å². The number of nitrogens with two attached hydrogens (primary N) is 3. The molecule has 0 spiro atoms. The van der Waals surface area contributed by atoms with Crippen molar-refractivity contribution in [3.8, 4) is 5.69 Å². The van der Waals surface area contributed by atoms with E-state index >= 15 is 0 Å². The molecule has 1 heterocycles.